The fourth-order valence-corrected chi connectivity index (χ4v) is 3.69. The Hall–Kier alpha value is -1.17. The molecule has 0 radical (unpaired) electrons. The number of benzene rings is 1. The van der Waals surface area contributed by atoms with E-state index in [4.69, 9.17) is 9.16 Å². The lowest BCUT2D eigenvalue weighted by Gasteiger charge is -2.37. The molecule has 0 amide bonds. The molecule has 5 heteroatoms. The van der Waals surface area contributed by atoms with Crippen molar-refractivity contribution in [3.63, 3.8) is 0 Å². The minimum absolute atomic E-state index is 0.189. The second kappa shape index (κ2) is 7.38. The van der Waals surface area contributed by atoms with Gasteiger partial charge in [0.1, 0.15) is 11.5 Å². The van der Waals surface area contributed by atoms with Crippen molar-refractivity contribution in [1.29, 1.82) is 0 Å². The zero-order valence-electron chi connectivity index (χ0n) is 15.9. The lowest BCUT2D eigenvalue weighted by Crippen LogP contribution is -2.44. The zero-order valence-corrected chi connectivity index (χ0v) is 16.9. The zero-order chi connectivity index (χ0) is 18.0. The molecule has 134 valence electrons. The molecule has 0 N–H and O–H groups in total. The third-order valence-electron chi connectivity index (χ3n) is 5.35. The molecule has 1 saturated heterocycles. The number of carbonyl (C=O) groups excluding carboxylic acids is 1. The van der Waals surface area contributed by atoms with Crippen LogP contribution in [0.3, 0.4) is 0 Å². The van der Waals surface area contributed by atoms with Crippen molar-refractivity contribution >= 4 is 14.1 Å². The van der Waals surface area contributed by atoms with Crippen molar-refractivity contribution in [3.05, 3.63) is 29.8 Å². The Kier molecular flexibility index (Phi) is 5.89. The summed E-state index contributed by atoms with van der Waals surface area (Å²) in [5.74, 6) is 1.17. The number of ether oxygens (including phenoxy) is 1. The summed E-state index contributed by atoms with van der Waals surface area (Å²) in [5.41, 5.74) is 1.20. The van der Waals surface area contributed by atoms with Gasteiger partial charge in [-0.1, -0.05) is 32.9 Å². The normalized spacial score (nSPS) is 19.8. The molecule has 0 bridgehead atoms. The lowest BCUT2D eigenvalue weighted by molar-refractivity contribution is -0.117. The van der Waals surface area contributed by atoms with Crippen LogP contribution in [0.15, 0.2) is 24.3 Å². The summed E-state index contributed by atoms with van der Waals surface area (Å²) in [6.45, 7) is 13.2. The minimum Gasteiger partial charge on any atom is -0.497 e. The summed E-state index contributed by atoms with van der Waals surface area (Å²) in [5, 5.41) is 0.191. The molecule has 1 atom stereocenters. The largest absolute Gasteiger partial charge is 0.497 e. The van der Waals surface area contributed by atoms with E-state index in [1.165, 1.54) is 5.56 Å². The summed E-state index contributed by atoms with van der Waals surface area (Å²) < 4.78 is 11.6. The van der Waals surface area contributed by atoms with Gasteiger partial charge >= 0.3 is 0 Å². The Morgan fingerprint density at radius 3 is 2.38 bits per heavy atom. The summed E-state index contributed by atoms with van der Waals surface area (Å²) in [6.07, 6.45) is 0.602. The first kappa shape index (κ1) is 19.2. The van der Waals surface area contributed by atoms with E-state index in [0.29, 0.717) is 25.4 Å². The Morgan fingerprint density at radius 1 is 1.21 bits per heavy atom. The second-order valence-corrected chi connectivity index (χ2v) is 13.0. The number of Topliss-reactive ketones (excluding diaryl/α,β-unsaturated/α-hetero) is 1. The summed E-state index contributed by atoms with van der Waals surface area (Å²) in [4.78, 5) is 14.2. The molecule has 24 heavy (non-hydrogen) atoms. The van der Waals surface area contributed by atoms with Gasteiger partial charge in [-0.05, 0) is 35.8 Å². The van der Waals surface area contributed by atoms with Gasteiger partial charge in [-0.3, -0.25) is 9.69 Å². The molecular weight excluding hydrogens is 318 g/mol. The summed E-state index contributed by atoms with van der Waals surface area (Å²) >= 11 is 0. The SMILES string of the molecule is COc1ccc(CN2CC(=O)CC2CO[Si](C)(C)C(C)(C)C)cc1. The first-order valence-electron chi connectivity index (χ1n) is 8.65. The lowest BCUT2D eigenvalue weighted by atomic mass is 10.2. The highest BCUT2D eigenvalue weighted by atomic mass is 28.4. The third-order valence-corrected chi connectivity index (χ3v) is 9.85. The van der Waals surface area contributed by atoms with E-state index in [2.05, 4.69) is 50.9 Å². The highest BCUT2D eigenvalue weighted by Gasteiger charge is 2.39. The van der Waals surface area contributed by atoms with Crippen molar-refractivity contribution in [2.45, 2.75) is 57.9 Å². The maximum Gasteiger partial charge on any atom is 0.192 e. The average Bonchev–Trinajstić information content (AvgIpc) is 2.84. The van der Waals surface area contributed by atoms with Crippen LogP contribution in [0.4, 0.5) is 0 Å². The highest BCUT2D eigenvalue weighted by molar-refractivity contribution is 6.74. The number of nitrogens with zero attached hydrogens (tertiary/aromatic N) is 1. The van der Waals surface area contributed by atoms with E-state index in [1.807, 2.05) is 12.1 Å². The van der Waals surface area contributed by atoms with Crippen LogP contribution in [0.25, 0.3) is 0 Å². The predicted octanol–water partition coefficient (Wildman–Crippen LogP) is 3.86. The Balaban J connectivity index is 1.99. The number of carbonyl (C=O) groups is 1. The van der Waals surface area contributed by atoms with Crippen LogP contribution in [0.2, 0.25) is 18.1 Å². The van der Waals surface area contributed by atoms with Crippen LogP contribution in [0.1, 0.15) is 32.8 Å². The molecule has 1 heterocycles. The molecule has 2 rings (SSSR count). The van der Waals surface area contributed by atoms with Gasteiger partial charge in [-0.15, -0.1) is 0 Å². The molecule has 1 fully saturated rings. The monoisotopic (exact) mass is 349 g/mol. The third kappa shape index (κ3) is 4.68. The van der Waals surface area contributed by atoms with Gasteiger partial charge in [0.15, 0.2) is 8.32 Å². The van der Waals surface area contributed by atoms with Gasteiger partial charge in [0.25, 0.3) is 0 Å². The van der Waals surface area contributed by atoms with Crippen LogP contribution < -0.4 is 4.74 Å². The molecule has 0 aliphatic carbocycles. The van der Waals surface area contributed by atoms with Crippen molar-refractivity contribution in [1.82, 2.24) is 4.90 Å². The van der Waals surface area contributed by atoms with Crippen LogP contribution in [0.5, 0.6) is 5.75 Å². The Labute approximate surface area is 147 Å². The van der Waals surface area contributed by atoms with Crippen molar-refractivity contribution in [2.75, 3.05) is 20.3 Å². The maximum absolute atomic E-state index is 12.0. The van der Waals surface area contributed by atoms with Gasteiger partial charge in [0, 0.05) is 25.6 Å². The molecule has 1 aromatic rings. The molecule has 1 aliphatic heterocycles. The summed E-state index contributed by atoms with van der Waals surface area (Å²) in [7, 11) is -0.114. The highest BCUT2D eigenvalue weighted by Crippen LogP contribution is 2.37. The van der Waals surface area contributed by atoms with E-state index in [1.54, 1.807) is 7.11 Å². The van der Waals surface area contributed by atoms with Gasteiger partial charge in [-0.2, -0.15) is 0 Å². The number of hydrogen-bond acceptors (Lipinski definition) is 4. The molecule has 0 spiro atoms. The smallest absolute Gasteiger partial charge is 0.192 e. The van der Waals surface area contributed by atoms with E-state index >= 15 is 0 Å². The molecule has 1 aliphatic rings. The molecule has 4 nitrogen and oxygen atoms in total. The predicted molar refractivity (Wildman–Crippen MR) is 100.0 cm³/mol. The number of rotatable bonds is 6. The van der Waals surface area contributed by atoms with Gasteiger partial charge in [0.2, 0.25) is 0 Å². The van der Waals surface area contributed by atoms with E-state index < -0.39 is 8.32 Å². The van der Waals surface area contributed by atoms with Crippen molar-refractivity contribution in [2.24, 2.45) is 0 Å². The molecule has 1 unspecified atom stereocenters. The standard InChI is InChI=1S/C19H31NO3Si/c1-19(2,3)24(5,6)23-14-16-11-17(21)13-20(16)12-15-7-9-18(22-4)10-8-15/h7-10,16H,11-14H2,1-6H3. The van der Waals surface area contributed by atoms with E-state index in [9.17, 15) is 4.79 Å². The topological polar surface area (TPSA) is 38.8 Å². The molecule has 0 aromatic heterocycles. The summed E-state index contributed by atoms with van der Waals surface area (Å²) in [6, 6.07) is 8.25. The second-order valence-electron chi connectivity index (χ2n) is 8.22. The molecular formula is C19H31NO3Si. The van der Waals surface area contributed by atoms with Crippen LogP contribution in [-0.2, 0) is 15.8 Å². The number of methoxy groups -OCH3 is 1. The average molecular weight is 350 g/mol. The number of likely N-dealkylation sites (tertiary alicyclic amines) is 1. The fraction of sp³-hybridized carbons (Fsp3) is 0.632. The van der Waals surface area contributed by atoms with E-state index in [0.717, 1.165) is 12.3 Å². The van der Waals surface area contributed by atoms with Gasteiger partial charge < -0.3 is 9.16 Å². The van der Waals surface area contributed by atoms with Crippen LogP contribution >= 0.6 is 0 Å². The van der Waals surface area contributed by atoms with Gasteiger partial charge in [-0.25, -0.2) is 0 Å². The Morgan fingerprint density at radius 2 is 1.83 bits per heavy atom. The molecule has 1 aromatic carbocycles. The van der Waals surface area contributed by atoms with Gasteiger partial charge in [0.05, 0.1) is 13.7 Å². The fourth-order valence-electron chi connectivity index (χ4n) is 2.65. The first-order valence-corrected chi connectivity index (χ1v) is 11.6. The van der Waals surface area contributed by atoms with E-state index in [-0.39, 0.29) is 11.1 Å². The number of ketones is 1. The van der Waals surface area contributed by atoms with Crippen molar-refractivity contribution < 1.29 is 14.0 Å². The first-order chi connectivity index (χ1) is 11.1. The Bertz CT molecular complexity index is 563. The molecule has 0 saturated carbocycles. The number of hydrogen-bond donors (Lipinski definition) is 0. The maximum atomic E-state index is 12.0. The van der Waals surface area contributed by atoms with Crippen LogP contribution in [-0.4, -0.2) is 45.3 Å². The minimum atomic E-state index is -1.78. The van der Waals surface area contributed by atoms with Crippen LogP contribution in [0, 0.1) is 0 Å². The quantitative estimate of drug-likeness (QED) is 0.731. The van der Waals surface area contributed by atoms with Crippen molar-refractivity contribution in [3.8, 4) is 5.75 Å².